The van der Waals surface area contributed by atoms with E-state index >= 15 is 0 Å². The summed E-state index contributed by atoms with van der Waals surface area (Å²) in [5.41, 5.74) is 0. The molecule has 1 nitrogen and oxygen atoms in total. The van der Waals surface area contributed by atoms with Crippen molar-refractivity contribution in [2.45, 2.75) is 26.7 Å². The van der Waals surface area contributed by atoms with E-state index in [1.807, 2.05) is 0 Å². The molecule has 0 unspecified atom stereocenters. The highest BCUT2D eigenvalue weighted by molar-refractivity contribution is 5.85. The van der Waals surface area contributed by atoms with E-state index in [1.165, 1.54) is 6.42 Å². The van der Waals surface area contributed by atoms with E-state index in [1.54, 1.807) is 0 Å². The number of carbonyl (C=O) groups excluding carboxylic acids is 1. The van der Waals surface area contributed by atoms with Crippen molar-refractivity contribution in [2.75, 3.05) is 0 Å². The first kappa shape index (κ1) is 8.70. The van der Waals surface area contributed by atoms with Crippen LogP contribution >= 0.6 is 0 Å². The standard InChI is InChI=1S/C13H18O/c1-7(2)10-6-11(14)13-9-4-3-8(5-9)12(10)13/h3-4,7-10,12-13H,5-6H2,1-2H3/t8-,9+,10+,12+,13-/m1/s1. The zero-order chi connectivity index (χ0) is 9.87. The van der Waals surface area contributed by atoms with E-state index in [4.69, 9.17) is 0 Å². The van der Waals surface area contributed by atoms with Crippen molar-refractivity contribution in [1.82, 2.24) is 0 Å². The van der Waals surface area contributed by atoms with Gasteiger partial charge in [0.1, 0.15) is 5.78 Å². The van der Waals surface area contributed by atoms with Crippen molar-refractivity contribution >= 4 is 5.78 Å². The molecule has 0 aromatic carbocycles. The minimum absolute atomic E-state index is 0.414. The van der Waals surface area contributed by atoms with E-state index in [0.29, 0.717) is 35.4 Å². The number of Topliss-reactive ketones (excluding diaryl/α,β-unsaturated/α-hetero) is 1. The summed E-state index contributed by atoms with van der Waals surface area (Å²) in [6.45, 7) is 4.55. The van der Waals surface area contributed by atoms with Gasteiger partial charge in [-0.2, -0.15) is 0 Å². The number of fused-ring (bicyclic) bond motifs is 5. The van der Waals surface area contributed by atoms with E-state index in [9.17, 15) is 4.79 Å². The largest absolute Gasteiger partial charge is 0.299 e. The van der Waals surface area contributed by atoms with Crippen LogP contribution in [0.3, 0.4) is 0 Å². The van der Waals surface area contributed by atoms with Crippen molar-refractivity contribution in [3.8, 4) is 0 Å². The Morgan fingerprint density at radius 3 is 2.71 bits per heavy atom. The van der Waals surface area contributed by atoms with Crippen LogP contribution in [0.2, 0.25) is 0 Å². The molecule has 2 fully saturated rings. The molecule has 2 saturated carbocycles. The van der Waals surface area contributed by atoms with Crippen LogP contribution in [-0.2, 0) is 4.79 Å². The molecule has 3 aliphatic carbocycles. The molecule has 14 heavy (non-hydrogen) atoms. The molecule has 3 rings (SSSR count). The smallest absolute Gasteiger partial charge is 0.137 e. The van der Waals surface area contributed by atoms with Gasteiger partial charge in [0.15, 0.2) is 0 Å². The zero-order valence-electron chi connectivity index (χ0n) is 8.94. The molecule has 0 aliphatic heterocycles. The molecule has 0 heterocycles. The molecule has 0 aromatic heterocycles. The third-order valence-corrected chi connectivity index (χ3v) is 4.68. The summed E-state index contributed by atoms with van der Waals surface area (Å²) in [6, 6.07) is 0. The predicted molar refractivity (Wildman–Crippen MR) is 55.7 cm³/mol. The Hall–Kier alpha value is -0.590. The van der Waals surface area contributed by atoms with Crippen molar-refractivity contribution in [3.63, 3.8) is 0 Å². The van der Waals surface area contributed by atoms with Crippen molar-refractivity contribution in [2.24, 2.45) is 35.5 Å². The minimum Gasteiger partial charge on any atom is -0.299 e. The minimum atomic E-state index is 0.414. The molecule has 0 N–H and O–H groups in total. The second kappa shape index (κ2) is 2.71. The van der Waals surface area contributed by atoms with Crippen LogP contribution < -0.4 is 0 Å². The van der Waals surface area contributed by atoms with Crippen LogP contribution in [-0.4, -0.2) is 5.78 Å². The second-order valence-electron chi connectivity index (χ2n) is 5.63. The summed E-state index contributed by atoms with van der Waals surface area (Å²) < 4.78 is 0. The number of ketones is 1. The number of rotatable bonds is 1. The maximum atomic E-state index is 11.9. The normalized spacial score (nSPS) is 49.4. The van der Waals surface area contributed by atoms with E-state index < -0.39 is 0 Å². The molecule has 1 heteroatoms. The molecule has 0 aromatic rings. The predicted octanol–water partition coefficient (Wildman–Crippen LogP) is 2.67. The Kier molecular flexibility index (Phi) is 1.68. The lowest BCUT2D eigenvalue weighted by atomic mass is 9.77. The monoisotopic (exact) mass is 190 g/mol. The summed E-state index contributed by atoms with van der Waals surface area (Å²) in [4.78, 5) is 11.9. The Bertz CT molecular complexity index is 302. The Labute approximate surface area is 85.6 Å². The fourth-order valence-electron chi connectivity index (χ4n) is 4.08. The van der Waals surface area contributed by atoms with Gasteiger partial charge in [-0.15, -0.1) is 0 Å². The fourth-order valence-corrected chi connectivity index (χ4v) is 4.08. The van der Waals surface area contributed by atoms with Crippen molar-refractivity contribution in [3.05, 3.63) is 12.2 Å². The molecule has 0 spiro atoms. The van der Waals surface area contributed by atoms with Gasteiger partial charge in [-0.25, -0.2) is 0 Å². The molecule has 0 amide bonds. The Morgan fingerprint density at radius 1 is 1.29 bits per heavy atom. The summed E-state index contributed by atoms with van der Waals surface area (Å²) in [5, 5.41) is 0. The van der Waals surface area contributed by atoms with Gasteiger partial charge in [0.2, 0.25) is 0 Å². The first-order valence-electron chi connectivity index (χ1n) is 5.89. The van der Waals surface area contributed by atoms with E-state index in [-0.39, 0.29) is 0 Å². The van der Waals surface area contributed by atoms with Gasteiger partial charge in [0, 0.05) is 12.3 Å². The van der Waals surface area contributed by atoms with Crippen molar-refractivity contribution in [1.29, 1.82) is 0 Å². The topological polar surface area (TPSA) is 17.1 Å². The van der Waals surface area contributed by atoms with Gasteiger partial charge in [-0.1, -0.05) is 26.0 Å². The maximum Gasteiger partial charge on any atom is 0.137 e. The number of carbonyl (C=O) groups is 1. The molecule has 2 bridgehead atoms. The van der Waals surface area contributed by atoms with E-state index in [0.717, 1.165) is 12.3 Å². The average molecular weight is 190 g/mol. The lowest BCUT2D eigenvalue weighted by Crippen LogP contribution is -2.24. The van der Waals surface area contributed by atoms with Gasteiger partial charge in [-0.3, -0.25) is 4.79 Å². The molecular weight excluding hydrogens is 172 g/mol. The van der Waals surface area contributed by atoms with Gasteiger partial charge in [0.25, 0.3) is 0 Å². The SMILES string of the molecule is CC(C)[C@@H]1CC(=O)[C@@H]2[C@H]1[C@@H]1C=C[C@H]2C1. The van der Waals surface area contributed by atoms with Crippen LogP contribution in [0.1, 0.15) is 26.7 Å². The quantitative estimate of drug-likeness (QED) is 0.581. The first-order valence-corrected chi connectivity index (χ1v) is 5.89. The summed E-state index contributed by atoms with van der Waals surface area (Å²) >= 11 is 0. The first-order chi connectivity index (χ1) is 6.68. The Balaban J connectivity index is 1.95. The lowest BCUT2D eigenvalue weighted by molar-refractivity contribution is -0.121. The highest BCUT2D eigenvalue weighted by Crippen LogP contribution is 2.57. The van der Waals surface area contributed by atoms with Gasteiger partial charge >= 0.3 is 0 Å². The van der Waals surface area contributed by atoms with Crippen LogP contribution in [0.4, 0.5) is 0 Å². The zero-order valence-corrected chi connectivity index (χ0v) is 8.94. The Morgan fingerprint density at radius 2 is 2.00 bits per heavy atom. The number of hydrogen-bond donors (Lipinski definition) is 0. The fraction of sp³-hybridized carbons (Fsp3) is 0.769. The maximum absolute atomic E-state index is 11.9. The molecule has 0 saturated heterocycles. The van der Waals surface area contributed by atoms with E-state index in [2.05, 4.69) is 26.0 Å². The van der Waals surface area contributed by atoms with Crippen LogP contribution in [0.5, 0.6) is 0 Å². The molecule has 0 radical (unpaired) electrons. The molecular formula is C13H18O. The summed E-state index contributed by atoms with van der Waals surface area (Å²) in [7, 11) is 0. The number of hydrogen-bond acceptors (Lipinski definition) is 1. The third-order valence-electron chi connectivity index (χ3n) is 4.68. The summed E-state index contributed by atoms with van der Waals surface area (Å²) in [6.07, 6.45) is 6.80. The molecule has 3 aliphatic rings. The van der Waals surface area contributed by atoms with Gasteiger partial charge in [-0.05, 0) is 36.0 Å². The highest BCUT2D eigenvalue weighted by Gasteiger charge is 2.55. The third kappa shape index (κ3) is 0.933. The molecule has 5 atom stereocenters. The van der Waals surface area contributed by atoms with Crippen LogP contribution in [0.25, 0.3) is 0 Å². The number of allylic oxidation sites excluding steroid dienone is 2. The van der Waals surface area contributed by atoms with Gasteiger partial charge < -0.3 is 0 Å². The van der Waals surface area contributed by atoms with Crippen molar-refractivity contribution < 1.29 is 4.79 Å². The van der Waals surface area contributed by atoms with Crippen LogP contribution in [0.15, 0.2) is 12.2 Å². The van der Waals surface area contributed by atoms with Crippen LogP contribution in [0, 0.1) is 35.5 Å². The highest BCUT2D eigenvalue weighted by atomic mass is 16.1. The molecule has 76 valence electrons. The summed E-state index contributed by atoms with van der Waals surface area (Å²) in [5.74, 6) is 4.39. The lowest BCUT2D eigenvalue weighted by Gasteiger charge is -2.27. The van der Waals surface area contributed by atoms with Gasteiger partial charge in [0.05, 0.1) is 0 Å². The second-order valence-corrected chi connectivity index (χ2v) is 5.63. The average Bonchev–Trinajstić information content (AvgIpc) is 2.75.